The van der Waals surface area contributed by atoms with Crippen molar-refractivity contribution in [3.8, 4) is 22.9 Å². The molecule has 3 N–H and O–H groups in total. The lowest BCUT2D eigenvalue weighted by Gasteiger charge is -2.23. The highest BCUT2D eigenvalue weighted by atomic mass is 32.2. The van der Waals surface area contributed by atoms with Crippen molar-refractivity contribution >= 4 is 32.4 Å². The average Bonchev–Trinajstić information content (AvgIpc) is 2.92. The Kier molecular flexibility index (Phi) is 7.89. The summed E-state index contributed by atoms with van der Waals surface area (Å²) >= 11 is 0. The van der Waals surface area contributed by atoms with E-state index in [0.29, 0.717) is 46.0 Å². The number of aryl methyl sites for hydroxylation is 1. The monoisotopic (exact) mass is 550 g/mol. The van der Waals surface area contributed by atoms with Crippen LogP contribution in [0.15, 0.2) is 54.9 Å². The molecule has 0 saturated carbocycles. The van der Waals surface area contributed by atoms with Gasteiger partial charge in [-0.25, -0.2) is 27.8 Å². The van der Waals surface area contributed by atoms with E-state index in [0.717, 1.165) is 31.5 Å². The molecule has 3 heterocycles. The van der Waals surface area contributed by atoms with E-state index in [4.69, 9.17) is 9.72 Å². The molecule has 0 amide bonds. The lowest BCUT2D eigenvalue weighted by atomic mass is 10.0. The highest BCUT2D eigenvalue weighted by Crippen LogP contribution is 2.39. The molecule has 1 aliphatic rings. The number of ether oxygens (including phenoxy) is 1. The summed E-state index contributed by atoms with van der Waals surface area (Å²) in [5.74, 6) is 0.516. The molecule has 5 rings (SSSR count). The predicted molar refractivity (Wildman–Crippen MR) is 151 cm³/mol. The molecule has 0 bridgehead atoms. The van der Waals surface area contributed by atoms with Crippen LogP contribution in [0.5, 0.6) is 11.6 Å². The summed E-state index contributed by atoms with van der Waals surface area (Å²) in [6, 6.07) is 12.0. The predicted octanol–water partition coefficient (Wildman–Crippen LogP) is 5.25. The van der Waals surface area contributed by atoms with Crippen LogP contribution in [0.4, 0.5) is 16.0 Å². The molecule has 204 valence electrons. The summed E-state index contributed by atoms with van der Waals surface area (Å²) in [7, 11) is -3.71. The molecule has 39 heavy (non-hydrogen) atoms. The zero-order chi connectivity index (χ0) is 27.4. The number of rotatable bonds is 9. The van der Waals surface area contributed by atoms with Crippen LogP contribution in [0.1, 0.15) is 31.7 Å². The third kappa shape index (κ3) is 6.10. The first kappa shape index (κ1) is 26.8. The number of hydrogen-bond acceptors (Lipinski definition) is 8. The Hall–Kier alpha value is -3.83. The van der Waals surface area contributed by atoms with Crippen molar-refractivity contribution in [1.29, 1.82) is 0 Å². The second kappa shape index (κ2) is 11.5. The Morgan fingerprint density at radius 2 is 1.95 bits per heavy atom. The number of sulfonamides is 1. The highest BCUT2D eigenvalue weighted by molar-refractivity contribution is 7.92. The van der Waals surface area contributed by atoms with Gasteiger partial charge in [0.15, 0.2) is 0 Å². The third-order valence-electron chi connectivity index (χ3n) is 6.56. The summed E-state index contributed by atoms with van der Waals surface area (Å²) in [5.41, 5.74) is 1.97. The van der Waals surface area contributed by atoms with Gasteiger partial charge in [0, 0.05) is 35.8 Å². The molecular formula is C28H31FN6O3S. The van der Waals surface area contributed by atoms with Crippen LogP contribution in [0.2, 0.25) is 0 Å². The summed E-state index contributed by atoms with van der Waals surface area (Å²) in [6.45, 7) is 5.49. The fraction of sp³-hybridized carbons (Fsp3) is 0.321. The Morgan fingerprint density at radius 3 is 2.74 bits per heavy atom. The molecule has 1 fully saturated rings. The largest absolute Gasteiger partial charge is 0.437 e. The number of piperidine rings is 1. The number of nitrogens with zero attached hydrogens (tertiary/aromatic N) is 3. The topological polar surface area (TPSA) is 118 Å². The van der Waals surface area contributed by atoms with E-state index in [1.807, 2.05) is 13.0 Å². The van der Waals surface area contributed by atoms with Crippen LogP contribution < -0.4 is 20.1 Å². The van der Waals surface area contributed by atoms with Gasteiger partial charge in [-0.15, -0.1) is 0 Å². The maximum Gasteiger partial charge on any atom is 0.232 e. The molecule has 1 unspecified atom stereocenters. The van der Waals surface area contributed by atoms with E-state index in [2.05, 4.69) is 25.3 Å². The van der Waals surface area contributed by atoms with E-state index >= 15 is 0 Å². The number of fused-ring (bicyclic) bond motifs is 1. The molecule has 0 aliphatic carbocycles. The van der Waals surface area contributed by atoms with Crippen molar-refractivity contribution < 1.29 is 17.5 Å². The minimum atomic E-state index is -3.71. The highest BCUT2D eigenvalue weighted by Gasteiger charge is 2.20. The van der Waals surface area contributed by atoms with Crippen molar-refractivity contribution in [2.24, 2.45) is 0 Å². The van der Waals surface area contributed by atoms with Crippen LogP contribution in [-0.4, -0.2) is 48.3 Å². The molecule has 2 aromatic heterocycles. The normalized spacial score (nSPS) is 15.7. The Bertz CT molecular complexity index is 1590. The second-order valence-corrected chi connectivity index (χ2v) is 11.4. The molecule has 2 aromatic carbocycles. The zero-order valence-electron chi connectivity index (χ0n) is 21.9. The molecule has 9 nitrogen and oxygen atoms in total. The van der Waals surface area contributed by atoms with Gasteiger partial charge in [-0.3, -0.25) is 4.72 Å². The van der Waals surface area contributed by atoms with Crippen LogP contribution in [0.25, 0.3) is 22.0 Å². The first-order valence-corrected chi connectivity index (χ1v) is 14.7. The molecule has 11 heteroatoms. The van der Waals surface area contributed by atoms with Crippen LogP contribution >= 0.6 is 0 Å². The molecule has 1 atom stereocenters. The molecular weight excluding hydrogens is 519 g/mol. The van der Waals surface area contributed by atoms with Crippen molar-refractivity contribution in [2.75, 3.05) is 28.9 Å². The van der Waals surface area contributed by atoms with Crippen LogP contribution in [-0.2, 0) is 10.0 Å². The van der Waals surface area contributed by atoms with Gasteiger partial charge in [0.05, 0.1) is 22.7 Å². The van der Waals surface area contributed by atoms with Gasteiger partial charge >= 0.3 is 0 Å². The summed E-state index contributed by atoms with van der Waals surface area (Å²) in [6.07, 6.45) is 5.86. The Labute approximate surface area is 227 Å². The smallest absolute Gasteiger partial charge is 0.232 e. The summed E-state index contributed by atoms with van der Waals surface area (Å²) in [5, 5.41) is 7.71. The lowest BCUT2D eigenvalue weighted by Crippen LogP contribution is -2.38. The van der Waals surface area contributed by atoms with Gasteiger partial charge < -0.3 is 15.4 Å². The number of pyridine rings is 1. The second-order valence-electron chi connectivity index (χ2n) is 9.56. The van der Waals surface area contributed by atoms with Gasteiger partial charge in [0.25, 0.3) is 0 Å². The van der Waals surface area contributed by atoms with E-state index in [-0.39, 0.29) is 17.5 Å². The average molecular weight is 551 g/mol. The molecule has 1 aliphatic heterocycles. The maximum absolute atomic E-state index is 14.8. The standard InChI is InChI=1S/C28H31FN6O3S/c1-3-16-39(36,37)35-25-20-9-8-18(2)26(21(20)10-11-23(25)29)38-27-22(7-5-14-31-27)24-12-15-32-28(34-24)33-19-6-4-13-30-17-19/h5,7-12,14-15,19,30,35H,3-4,6,13,16-17H2,1-2H3,(H,32,33,34). The van der Waals surface area contributed by atoms with E-state index in [1.165, 1.54) is 6.07 Å². The van der Waals surface area contributed by atoms with E-state index in [9.17, 15) is 12.8 Å². The minimum Gasteiger partial charge on any atom is -0.437 e. The quantitative estimate of drug-likeness (QED) is 0.259. The molecule has 4 aromatic rings. The Balaban J connectivity index is 1.51. The van der Waals surface area contributed by atoms with Gasteiger partial charge in [0.2, 0.25) is 21.9 Å². The molecule has 0 spiro atoms. The van der Waals surface area contributed by atoms with Crippen molar-refractivity contribution in [3.05, 3.63) is 66.2 Å². The first-order valence-electron chi connectivity index (χ1n) is 13.0. The van der Waals surface area contributed by atoms with Crippen molar-refractivity contribution in [2.45, 2.75) is 39.2 Å². The fourth-order valence-electron chi connectivity index (χ4n) is 4.67. The lowest BCUT2D eigenvalue weighted by molar-refractivity contribution is 0.466. The zero-order valence-corrected chi connectivity index (χ0v) is 22.7. The van der Waals surface area contributed by atoms with Gasteiger partial charge in [0.1, 0.15) is 11.6 Å². The van der Waals surface area contributed by atoms with Crippen molar-refractivity contribution in [3.63, 3.8) is 0 Å². The third-order valence-corrected chi connectivity index (χ3v) is 8.02. The number of halogens is 1. The van der Waals surface area contributed by atoms with Crippen LogP contribution in [0, 0.1) is 12.7 Å². The number of anilines is 2. The SMILES string of the molecule is CCCS(=O)(=O)Nc1c(F)ccc2c(Oc3ncccc3-c3ccnc(NC4CCCNC4)n3)c(C)ccc12. The number of nitrogens with one attached hydrogen (secondary N) is 3. The number of hydrogen-bond donors (Lipinski definition) is 3. The summed E-state index contributed by atoms with van der Waals surface area (Å²) in [4.78, 5) is 13.6. The first-order chi connectivity index (χ1) is 18.8. The maximum atomic E-state index is 14.8. The molecule has 0 radical (unpaired) electrons. The van der Waals surface area contributed by atoms with Gasteiger partial charge in [-0.05, 0) is 68.6 Å². The fourth-order valence-corrected chi connectivity index (χ4v) is 5.83. The van der Waals surface area contributed by atoms with E-state index < -0.39 is 15.8 Å². The van der Waals surface area contributed by atoms with Crippen molar-refractivity contribution in [1.82, 2.24) is 20.3 Å². The Morgan fingerprint density at radius 1 is 1.10 bits per heavy atom. The number of benzene rings is 2. The summed E-state index contributed by atoms with van der Waals surface area (Å²) < 4.78 is 48.5. The minimum absolute atomic E-state index is 0.101. The van der Waals surface area contributed by atoms with Gasteiger partial charge in [-0.2, -0.15) is 0 Å². The van der Waals surface area contributed by atoms with E-state index in [1.54, 1.807) is 49.6 Å². The number of aromatic nitrogens is 3. The van der Waals surface area contributed by atoms with Gasteiger partial charge in [-0.1, -0.05) is 19.1 Å². The van der Waals surface area contributed by atoms with Crippen LogP contribution in [0.3, 0.4) is 0 Å². The molecule has 1 saturated heterocycles.